The van der Waals surface area contributed by atoms with Crippen molar-refractivity contribution in [2.24, 2.45) is 5.73 Å². The Labute approximate surface area is 80.3 Å². The molecule has 0 spiro atoms. The second kappa shape index (κ2) is 4.13. The topological polar surface area (TPSA) is 26.0 Å². The quantitative estimate of drug-likeness (QED) is 0.735. The molecule has 1 rings (SSSR count). The molecule has 0 aliphatic carbocycles. The van der Waals surface area contributed by atoms with Crippen molar-refractivity contribution in [2.75, 3.05) is 0 Å². The average molecular weight is 175 g/mol. The summed E-state index contributed by atoms with van der Waals surface area (Å²) in [5.74, 6) is 0. The summed E-state index contributed by atoms with van der Waals surface area (Å²) < 4.78 is 0. The van der Waals surface area contributed by atoms with Gasteiger partial charge in [-0.25, -0.2) is 0 Å². The summed E-state index contributed by atoms with van der Waals surface area (Å²) in [6, 6.07) is 8.54. The fourth-order valence-corrected chi connectivity index (χ4v) is 1.27. The van der Waals surface area contributed by atoms with Gasteiger partial charge in [0.15, 0.2) is 0 Å². The third-order valence-corrected chi connectivity index (χ3v) is 2.22. The third-order valence-electron chi connectivity index (χ3n) is 2.22. The molecule has 0 saturated carbocycles. The third kappa shape index (κ3) is 2.94. The van der Waals surface area contributed by atoms with Crippen LogP contribution in [0.5, 0.6) is 0 Å². The van der Waals surface area contributed by atoms with Gasteiger partial charge in [0.05, 0.1) is 0 Å². The maximum absolute atomic E-state index is 5.70. The van der Waals surface area contributed by atoms with E-state index in [1.165, 1.54) is 16.7 Å². The highest BCUT2D eigenvalue weighted by molar-refractivity contribution is 5.26. The molecule has 0 radical (unpaired) electrons. The Bertz CT molecular complexity index is 320. The maximum atomic E-state index is 5.70. The van der Waals surface area contributed by atoms with Gasteiger partial charge in [0, 0.05) is 5.70 Å². The van der Waals surface area contributed by atoms with Gasteiger partial charge in [0.1, 0.15) is 0 Å². The predicted octanol–water partition coefficient (Wildman–Crippen LogP) is 2.79. The van der Waals surface area contributed by atoms with Crippen LogP contribution in [0.1, 0.15) is 25.0 Å². The first kappa shape index (κ1) is 9.85. The second-order valence-electron chi connectivity index (χ2n) is 3.63. The van der Waals surface area contributed by atoms with Gasteiger partial charge in [0.2, 0.25) is 0 Å². The first-order valence-electron chi connectivity index (χ1n) is 4.57. The molecule has 0 aromatic heterocycles. The van der Waals surface area contributed by atoms with Crippen LogP contribution < -0.4 is 5.73 Å². The number of rotatable bonds is 2. The highest BCUT2D eigenvalue weighted by Crippen LogP contribution is 2.10. The van der Waals surface area contributed by atoms with Gasteiger partial charge in [-0.3, -0.25) is 0 Å². The Morgan fingerprint density at radius 3 is 2.54 bits per heavy atom. The highest BCUT2D eigenvalue weighted by atomic mass is 14.6. The minimum Gasteiger partial charge on any atom is -0.402 e. The molecule has 0 heterocycles. The largest absolute Gasteiger partial charge is 0.402 e. The Morgan fingerprint density at radius 2 is 2.00 bits per heavy atom. The van der Waals surface area contributed by atoms with E-state index >= 15 is 0 Å². The molecular formula is C12H17N. The van der Waals surface area contributed by atoms with Crippen molar-refractivity contribution in [3.63, 3.8) is 0 Å². The lowest BCUT2D eigenvalue weighted by molar-refractivity contribution is 1.07. The van der Waals surface area contributed by atoms with Crippen molar-refractivity contribution >= 4 is 0 Å². The Balaban J connectivity index is 2.81. The summed E-state index contributed by atoms with van der Waals surface area (Å²) in [6.07, 6.45) is 0.962. The van der Waals surface area contributed by atoms with Crippen molar-refractivity contribution in [1.29, 1.82) is 0 Å². The lowest BCUT2D eigenvalue weighted by Gasteiger charge is -2.04. The van der Waals surface area contributed by atoms with E-state index < -0.39 is 0 Å². The molecule has 0 amide bonds. The van der Waals surface area contributed by atoms with Gasteiger partial charge >= 0.3 is 0 Å². The molecule has 70 valence electrons. The van der Waals surface area contributed by atoms with E-state index in [-0.39, 0.29) is 0 Å². The molecule has 0 aliphatic rings. The SMILES string of the molecule is C/C(N)=C(\C)Cc1cccc(C)c1. The van der Waals surface area contributed by atoms with Gasteiger partial charge in [-0.1, -0.05) is 35.4 Å². The molecule has 1 heteroatoms. The molecule has 0 unspecified atom stereocenters. The lowest BCUT2D eigenvalue weighted by atomic mass is 10.0. The van der Waals surface area contributed by atoms with E-state index in [9.17, 15) is 0 Å². The van der Waals surface area contributed by atoms with E-state index in [2.05, 4.69) is 38.1 Å². The zero-order valence-corrected chi connectivity index (χ0v) is 8.59. The number of allylic oxidation sites excluding steroid dienone is 2. The summed E-state index contributed by atoms with van der Waals surface area (Å²) in [5.41, 5.74) is 10.5. The Hall–Kier alpha value is -1.24. The Morgan fingerprint density at radius 1 is 1.31 bits per heavy atom. The van der Waals surface area contributed by atoms with Gasteiger partial charge in [-0.15, -0.1) is 0 Å². The van der Waals surface area contributed by atoms with Crippen molar-refractivity contribution < 1.29 is 0 Å². The molecule has 0 aliphatic heterocycles. The number of hydrogen-bond donors (Lipinski definition) is 1. The van der Waals surface area contributed by atoms with Crippen molar-refractivity contribution in [2.45, 2.75) is 27.2 Å². The van der Waals surface area contributed by atoms with Gasteiger partial charge in [-0.2, -0.15) is 0 Å². The second-order valence-corrected chi connectivity index (χ2v) is 3.63. The summed E-state index contributed by atoms with van der Waals surface area (Å²) >= 11 is 0. The van der Waals surface area contributed by atoms with Crippen molar-refractivity contribution in [3.05, 3.63) is 46.7 Å². The smallest absolute Gasteiger partial charge is 0.00413 e. The van der Waals surface area contributed by atoms with Crippen LogP contribution >= 0.6 is 0 Å². The zero-order valence-electron chi connectivity index (χ0n) is 8.59. The molecule has 0 fully saturated rings. The molecular weight excluding hydrogens is 158 g/mol. The van der Waals surface area contributed by atoms with E-state index in [0.29, 0.717) is 0 Å². The molecule has 0 atom stereocenters. The maximum Gasteiger partial charge on any atom is 0.00413 e. The average Bonchev–Trinajstić information content (AvgIpc) is 2.04. The van der Waals surface area contributed by atoms with Crippen LogP contribution in [0, 0.1) is 6.92 Å². The first-order chi connectivity index (χ1) is 6.09. The fourth-order valence-electron chi connectivity index (χ4n) is 1.27. The van der Waals surface area contributed by atoms with Gasteiger partial charge < -0.3 is 5.73 Å². The van der Waals surface area contributed by atoms with Crippen LogP contribution in [0.15, 0.2) is 35.5 Å². The standard InChI is InChI=1S/C12H17N/c1-9-5-4-6-12(7-9)8-10(2)11(3)13/h4-7H,8,13H2,1-3H3/b11-10-. The molecule has 13 heavy (non-hydrogen) atoms. The molecule has 0 bridgehead atoms. The Kier molecular flexibility index (Phi) is 3.13. The van der Waals surface area contributed by atoms with Gasteiger partial charge in [0.25, 0.3) is 0 Å². The van der Waals surface area contributed by atoms with Crippen LogP contribution in [0.2, 0.25) is 0 Å². The molecule has 2 N–H and O–H groups in total. The molecule has 1 aromatic rings. The molecule has 1 nitrogen and oxygen atoms in total. The van der Waals surface area contributed by atoms with E-state index in [0.717, 1.165) is 12.1 Å². The van der Waals surface area contributed by atoms with Crippen LogP contribution in [-0.2, 0) is 6.42 Å². The van der Waals surface area contributed by atoms with Crippen LogP contribution in [0.3, 0.4) is 0 Å². The molecule has 0 saturated heterocycles. The summed E-state index contributed by atoms with van der Waals surface area (Å²) in [5, 5.41) is 0. The minimum absolute atomic E-state index is 0.932. The van der Waals surface area contributed by atoms with Crippen molar-refractivity contribution in [3.8, 4) is 0 Å². The van der Waals surface area contributed by atoms with Crippen LogP contribution in [0.25, 0.3) is 0 Å². The lowest BCUT2D eigenvalue weighted by Crippen LogP contribution is -1.98. The monoisotopic (exact) mass is 175 g/mol. The minimum atomic E-state index is 0.932. The zero-order chi connectivity index (χ0) is 9.84. The summed E-state index contributed by atoms with van der Waals surface area (Å²) in [7, 11) is 0. The van der Waals surface area contributed by atoms with E-state index in [4.69, 9.17) is 5.73 Å². The normalized spacial score (nSPS) is 12.5. The first-order valence-corrected chi connectivity index (χ1v) is 4.57. The van der Waals surface area contributed by atoms with E-state index in [1.54, 1.807) is 0 Å². The number of nitrogens with two attached hydrogens (primary N) is 1. The molecule has 1 aromatic carbocycles. The number of aryl methyl sites for hydroxylation is 1. The summed E-state index contributed by atoms with van der Waals surface area (Å²) in [6.45, 7) is 6.14. The van der Waals surface area contributed by atoms with E-state index in [1.807, 2.05) is 6.92 Å². The summed E-state index contributed by atoms with van der Waals surface area (Å²) in [4.78, 5) is 0. The fraction of sp³-hybridized carbons (Fsp3) is 0.333. The van der Waals surface area contributed by atoms with Gasteiger partial charge in [-0.05, 0) is 32.8 Å². The number of benzene rings is 1. The van der Waals surface area contributed by atoms with Crippen molar-refractivity contribution in [1.82, 2.24) is 0 Å². The highest BCUT2D eigenvalue weighted by Gasteiger charge is 1.96. The van der Waals surface area contributed by atoms with Crippen LogP contribution in [-0.4, -0.2) is 0 Å². The number of hydrogen-bond acceptors (Lipinski definition) is 1. The predicted molar refractivity (Wildman–Crippen MR) is 57.4 cm³/mol. The van der Waals surface area contributed by atoms with Crippen LogP contribution in [0.4, 0.5) is 0 Å².